The number of benzene rings is 3. The van der Waals surface area contributed by atoms with E-state index in [0.29, 0.717) is 16.7 Å². The van der Waals surface area contributed by atoms with Gasteiger partial charge in [-0.3, -0.25) is 8.37 Å². The van der Waals surface area contributed by atoms with Gasteiger partial charge in [-0.2, -0.15) is 21.1 Å². The van der Waals surface area contributed by atoms with Gasteiger partial charge in [-0.05, 0) is 57.2 Å². The molecule has 0 unspecified atom stereocenters. The van der Waals surface area contributed by atoms with Crippen LogP contribution in [0.25, 0.3) is 0 Å². The van der Waals surface area contributed by atoms with Crippen molar-refractivity contribution < 1.29 is 44.6 Å². The third kappa shape index (κ3) is 7.69. The predicted molar refractivity (Wildman–Crippen MR) is 139 cm³/mol. The lowest BCUT2D eigenvalue weighted by Crippen LogP contribution is -2.37. The van der Waals surface area contributed by atoms with Gasteiger partial charge in [-0.15, -0.1) is 0 Å². The summed E-state index contributed by atoms with van der Waals surface area (Å²) in [6, 6.07) is 13.4. The number of rotatable bonds is 12. The van der Waals surface area contributed by atoms with E-state index in [9.17, 15) is 25.3 Å². The van der Waals surface area contributed by atoms with Gasteiger partial charge < -0.3 is 0 Å². The average molecular weight is 576 g/mol. The molecule has 0 spiro atoms. The Labute approximate surface area is 230 Å². The first kappa shape index (κ1) is 19.5. The van der Waals surface area contributed by atoms with Gasteiger partial charge in [0.05, 0.1) is 33.3 Å². The summed E-state index contributed by atoms with van der Waals surface area (Å²) in [5, 5.41) is 0. The van der Waals surface area contributed by atoms with Crippen molar-refractivity contribution in [1.82, 2.24) is 4.31 Å². The molecule has 0 N–H and O–H groups in total. The molecular formula is C25H29NO8S3. The van der Waals surface area contributed by atoms with Gasteiger partial charge in [-0.25, -0.2) is 8.42 Å². The van der Waals surface area contributed by atoms with Crippen molar-refractivity contribution in [2.45, 2.75) is 35.5 Å². The smallest absolute Gasteiger partial charge is 0.265 e. The minimum absolute atomic E-state index is 0.497. The largest absolute Gasteiger partial charge is 0.297 e. The molecule has 0 aromatic heterocycles. The Bertz CT molecular complexity index is 1770. The Hall–Kier alpha value is -2.61. The number of hydrogen-bond donors (Lipinski definition) is 0. The van der Waals surface area contributed by atoms with E-state index >= 15 is 0 Å². The first-order valence-electron chi connectivity index (χ1n) is 14.4. The molecule has 0 bridgehead atoms. The standard InChI is InChI=1S/C25H29NO8S3/c1-20-4-10-23(11-5-20)35(27,28)26(16-18-33-36(29,30)24-12-6-21(2)7-13-24)17-19-34-37(31,32)25-14-8-22(3)9-15-25/h4-15H,16-19H2,1-3H3/i16D2,17D2,18D2,19D2. The SMILES string of the molecule is [2H]C([2H])(OS(=O)(=O)c1ccc(C)cc1)C([2H])([2H])N(C([2H])([2H])C([2H])([2H])OS(=O)(=O)c1ccc(C)cc1)S(=O)(=O)c1ccc(C)cc1. The summed E-state index contributed by atoms with van der Waals surface area (Å²) >= 11 is 0. The van der Waals surface area contributed by atoms with E-state index in [2.05, 4.69) is 8.37 Å². The summed E-state index contributed by atoms with van der Waals surface area (Å²) < 4.78 is 155. The molecule has 0 radical (unpaired) electrons. The van der Waals surface area contributed by atoms with Gasteiger partial charge in [-0.1, -0.05) is 53.1 Å². The Morgan fingerprint density at radius 1 is 0.568 bits per heavy atom. The van der Waals surface area contributed by atoms with Crippen molar-refractivity contribution in [2.24, 2.45) is 0 Å². The molecule has 0 atom stereocenters. The summed E-state index contributed by atoms with van der Waals surface area (Å²) in [6.45, 7) is -12.6. The van der Waals surface area contributed by atoms with Crippen molar-refractivity contribution in [3.8, 4) is 0 Å². The second-order valence-corrected chi connectivity index (χ2v) is 12.6. The van der Waals surface area contributed by atoms with Gasteiger partial charge in [0, 0.05) is 18.5 Å². The van der Waals surface area contributed by atoms with Gasteiger partial charge in [0.15, 0.2) is 0 Å². The molecule has 0 aliphatic heterocycles. The third-order valence-corrected chi connectivity index (χ3v) is 8.61. The molecule has 9 nitrogen and oxygen atoms in total. The molecule has 0 aliphatic carbocycles. The fourth-order valence-electron chi connectivity index (χ4n) is 2.70. The Morgan fingerprint density at radius 3 is 1.19 bits per heavy atom. The minimum atomic E-state index is -5.70. The highest BCUT2D eigenvalue weighted by Crippen LogP contribution is 2.19. The summed E-state index contributed by atoms with van der Waals surface area (Å²) in [5.74, 6) is 0. The summed E-state index contributed by atoms with van der Waals surface area (Å²) in [6.07, 6.45) is 0. The molecule has 0 heterocycles. The van der Waals surface area contributed by atoms with Crippen LogP contribution >= 0.6 is 0 Å². The second-order valence-electron chi connectivity index (χ2n) is 7.71. The molecule has 0 saturated carbocycles. The summed E-state index contributed by atoms with van der Waals surface area (Å²) in [5.41, 5.74) is 1.69. The van der Waals surface area contributed by atoms with Crippen molar-refractivity contribution in [3.63, 3.8) is 0 Å². The van der Waals surface area contributed by atoms with E-state index in [0.717, 1.165) is 36.4 Å². The molecule has 0 aliphatic rings. The van der Waals surface area contributed by atoms with E-state index in [4.69, 9.17) is 11.0 Å². The summed E-state index contributed by atoms with van der Waals surface area (Å²) in [7, 11) is -16.1. The van der Waals surface area contributed by atoms with Crippen LogP contribution in [-0.4, -0.2) is 55.7 Å². The molecule has 3 rings (SSSR count). The highest BCUT2D eigenvalue weighted by Gasteiger charge is 2.26. The Kier molecular flexibility index (Phi) is 6.23. The molecule has 12 heteroatoms. The van der Waals surface area contributed by atoms with E-state index in [1.54, 1.807) is 20.8 Å². The lowest BCUT2D eigenvalue weighted by Gasteiger charge is -2.22. The van der Waals surface area contributed by atoms with E-state index in [1.807, 2.05) is 0 Å². The number of sulfonamides is 1. The number of hydrogen-bond acceptors (Lipinski definition) is 8. The molecule has 37 heavy (non-hydrogen) atoms. The molecule has 0 fully saturated rings. The molecule has 3 aromatic carbocycles. The van der Waals surface area contributed by atoms with E-state index < -0.39 is 75.4 Å². The number of aryl methyl sites for hydroxylation is 3. The fourth-order valence-corrected chi connectivity index (χ4v) is 5.13. The van der Waals surface area contributed by atoms with Crippen molar-refractivity contribution in [3.05, 3.63) is 89.5 Å². The second kappa shape index (κ2) is 11.8. The van der Waals surface area contributed by atoms with Crippen LogP contribution in [0.1, 0.15) is 27.7 Å². The van der Waals surface area contributed by atoms with Gasteiger partial charge in [0.1, 0.15) is 0 Å². The van der Waals surface area contributed by atoms with E-state index in [1.165, 1.54) is 36.4 Å². The van der Waals surface area contributed by atoms with Crippen LogP contribution in [0.15, 0.2) is 87.5 Å². The lowest BCUT2D eigenvalue weighted by atomic mass is 10.2. The van der Waals surface area contributed by atoms with Crippen LogP contribution in [0.4, 0.5) is 0 Å². The van der Waals surface area contributed by atoms with Crippen molar-refractivity contribution in [1.29, 1.82) is 0 Å². The number of nitrogens with zero attached hydrogens (tertiary/aromatic N) is 1. The first-order valence-corrected chi connectivity index (χ1v) is 14.7. The molecule has 0 saturated heterocycles. The van der Waals surface area contributed by atoms with Crippen LogP contribution in [0.5, 0.6) is 0 Å². The first-order chi connectivity index (χ1) is 20.3. The van der Waals surface area contributed by atoms with Gasteiger partial charge >= 0.3 is 0 Å². The average Bonchev–Trinajstić information content (AvgIpc) is 2.87. The van der Waals surface area contributed by atoms with Crippen LogP contribution in [0.3, 0.4) is 0 Å². The van der Waals surface area contributed by atoms with Crippen molar-refractivity contribution >= 4 is 30.3 Å². The quantitative estimate of drug-likeness (QED) is 0.301. The summed E-state index contributed by atoms with van der Waals surface area (Å²) in [4.78, 5) is -2.20. The third-order valence-electron chi connectivity index (χ3n) is 4.78. The minimum Gasteiger partial charge on any atom is -0.265 e. The molecule has 200 valence electrons. The Balaban J connectivity index is 2.22. The van der Waals surface area contributed by atoms with E-state index in [-0.39, 0.29) is 0 Å². The monoisotopic (exact) mass is 575 g/mol. The van der Waals surface area contributed by atoms with Crippen LogP contribution in [-0.2, 0) is 38.6 Å². The van der Waals surface area contributed by atoms with Crippen LogP contribution in [0, 0.1) is 20.8 Å². The zero-order chi connectivity index (χ0) is 34.4. The van der Waals surface area contributed by atoms with Crippen LogP contribution in [0.2, 0.25) is 0 Å². The zero-order valence-electron chi connectivity index (χ0n) is 27.9. The normalized spacial score (nSPS) is 17.4. The van der Waals surface area contributed by atoms with Gasteiger partial charge in [0.25, 0.3) is 20.2 Å². The molecule has 0 amide bonds. The predicted octanol–water partition coefficient (Wildman–Crippen LogP) is 3.41. The highest BCUT2D eigenvalue weighted by atomic mass is 32.2. The van der Waals surface area contributed by atoms with Gasteiger partial charge in [0.2, 0.25) is 10.0 Å². The topological polar surface area (TPSA) is 124 Å². The van der Waals surface area contributed by atoms with Crippen molar-refractivity contribution in [2.75, 3.05) is 26.1 Å². The Morgan fingerprint density at radius 2 is 0.865 bits per heavy atom. The highest BCUT2D eigenvalue weighted by molar-refractivity contribution is 7.89. The molecule has 3 aromatic rings. The fraction of sp³-hybridized carbons (Fsp3) is 0.280. The van der Waals surface area contributed by atoms with Crippen LogP contribution < -0.4 is 0 Å². The zero-order valence-corrected chi connectivity index (χ0v) is 22.3. The lowest BCUT2D eigenvalue weighted by molar-refractivity contribution is 0.242. The maximum absolute atomic E-state index is 13.9. The maximum Gasteiger partial charge on any atom is 0.297 e. The maximum atomic E-state index is 13.9. The molecular weight excluding hydrogens is 538 g/mol.